The molecule has 60 valence electrons. The van der Waals surface area contributed by atoms with Gasteiger partial charge in [0.1, 0.15) is 5.82 Å². The van der Waals surface area contributed by atoms with Crippen LogP contribution in [0.15, 0.2) is 29.7 Å². The Balaban J connectivity index is 2.77. The Labute approximate surface area is 72.7 Å². The van der Waals surface area contributed by atoms with Gasteiger partial charge in [0.2, 0.25) is 0 Å². The summed E-state index contributed by atoms with van der Waals surface area (Å²) in [5.74, 6) is 0.757. The molecule has 2 nitrogen and oxygen atoms in total. The monoisotopic (exact) mass is 168 g/mol. The summed E-state index contributed by atoms with van der Waals surface area (Å²) in [6.45, 7) is 7.99. The largest absolute Gasteiger partial charge is 0.331 e. The van der Waals surface area contributed by atoms with E-state index in [4.69, 9.17) is 0 Å². The average Bonchev–Trinajstić information content (AvgIpc) is 1.85. The number of rotatable bonds is 1. The molecule has 1 aliphatic heterocycles. The molecule has 0 spiro atoms. The molecule has 0 amide bonds. The van der Waals surface area contributed by atoms with E-state index in [1.54, 1.807) is 0 Å². The molecule has 0 saturated carbocycles. The van der Waals surface area contributed by atoms with E-state index in [2.05, 4.69) is 38.0 Å². The van der Waals surface area contributed by atoms with Gasteiger partial charge in [0.15, 0.2) is 0 Å². The number of aliphatic imine (C=N–C) groups is 1. The first-order chi connectivity index (χ1) is 5.11. The van der Waals surface area contributed by atoms with Gasteiger partial charge in [-0.1, -0.05) is 6.58 Å². The predicted molar refractivity (Wildman–Crippen MR) is 51.7 cm³/mol. The van der Waals surface area contributed by atoms with Crippen molar-refractivity contribution in [3.8, 4) is 0 Å². The summed E-state index contributed by atoms with van der Waals surface area (Å²) in [6.07, 6.45) is 3.81. The van der Waals surface area contributed by atoms with Crippen LogP contribution in [0.4, 0.5) is 0 Å². The van der Waals surface area contributed by atoms with E-state index < -0.39 is 0 Å². The summed E-state index contributed by atoms with van der Waals surface area (Å²) in [5, 5.41) is 0.715. The van der Waals surface area contributed by atoms with Crippen LogP contribution in [0.2, 0.25) is 0 Å². The molecular formula is C8H12N2S. The minimum atomic E-state index is 0.406. The molecule has 0 atom stereocenters. The van der Waals surface area contributed by atoms with Crippen molar-refractivity contribution in [2.45, 2.75) is 19.9 Å². The van der Waals surface area contributed by atoms with E-state index >= 15 is 0 Å². The maximum absolute atomic E-state index is 4.11. The first kappa shape index (κ1) is 8.40. The van der Waals surface area contributed by atoms with Gasteiger partial charge in [0.25, 0.3) is 0 Å². The molecule has 0 radical (unpaired) electrons. The first-order valence-corrected chi connectivity index (χ1v) is 3.99. The first-order valence-electron chi connectivity index (χ1n) is 3.54. The standard InChI is InChI=1S/C8H12N2S/c1-6(2)10-5-4-8(11)9-7(10)3/h4-6H,3H2,1-2H3,(H,9,11). The van der Waals surface area contributed by atoms with Crippen LogP contribution >= 0.6 is 12.6 Å². The van der Waals surface area contributed by atoms with Crippen molar-refractivity contribution in [3.63, 3.8) is 0 Å². The van der Waals surface area contributed by atoms with E-state index in [0.717, 1.165) is 5.82 Å². The Morgan fingerprint density at radius 3 is 2.73 bits per heavy atom. The molecule has 1 heterocycles. The van der Waals surface area contributed by atoms with Crippen molar-refractivity contribution in [2.75, 3.05) is 0 Å². The van der Waals surface area contributed by atoms with Gasteiger partial charge in [-0.3, -0.25) is 0 Å². The highest BCUT2D eigenvalue weighted by atomic mass is 32.1. The van der Waals surface area contributed by atoms with Gasteiger partial charge in [-0.2, -0.15) is 0 Å². The van der Waals surface area contributed by atoms with Crippen molar-refractivity contribution in [3.05, 3.63) is 24.7 Å². The van der Waals surface area contributed by atoms with Gasteiger partial charge in [-0.15, -0.1) is 12.6 Å². The molecule has 0 aromatic carbocycles. The Morgan fingerprint density at radius 1 is 1.64 bits per heavy atom. The molecule has 0 aromatic rings. The molecule has 0 N–H and O–H groups in total. The van der Waals surface area contributed by atoms with E-state index in [-0.39, 0.29) is 0 Å². The van der Waals surface area contributed by atoms with Gasteiger partial charge >= 0.3 is 0 Å². The molecule has 0 fully saturated rings. The molecule has 1 rings (SSSR count). The highest BCUT2D eigenvalue weighted by Gasteiger charge is 2.10. The van der Waals surface area contributed by atoms with Crippen molar-refractivity contribution >= 4 is 17.7 Å². The Kier molecular flexibility index (Phi) is 2.39. The molecule has 1 aliphatic rings. The van der Waals surface area contributed by atoms with Crippen LogP contribution in [0.25, 0.3) is 0 Å². The quantitative estimate of drug-likeness (QED) is 0.592. The van der Waals surface area contributed by atoms with Crippen LogP contribution in [0.1, 0.15) is 13.8 Å². The number of nitrogens with zero attached hydrogens (tertiary/aromatic N) is 2. The van der Waals surface area contributed by atoms with Crippen LogP contribution in [0, 0.1) is 0 Å². The summed E-state index contributed by atoms with van der Waals surface area (Å²) in [5.41, 5.74) is 0. The normalized spacial score (nSPS) is 17.6. The molecule has 11 heavy (non-hydrogen) atoms. The molecule has 0 bridgehead atoms. The van der Waals surface area contributed by atoms with Gasteiger partial charge in [0, 0.05) is 12.2 Å². The number of thiol groups is 1. The summed E-state index contributed by atoms with van der Waals surface area (Å²) < 4.78 is 0. The van der Waals surface area contributed by atoms with Gasteiger partial charge in [-0.25, -0.2) is 4.99 Å². The van der Waals surface area contributed by atoms with Crippen LogP contribution in [-0.4, -0.2) is 16.0 Å². The van der Waals surface area contributed by atoms with Gasteiger partial charge < -0.3 is 4.90 Å². The highest BCUT2D eigenvalue weighted by molar-refractivity contribution is 7.97. The average molecular weight is 168 g/mol. The Hall–Kier alpha value is -0.700. The van der Waals surface area contributed by atoms with Gasteiger partial charge in [-0.05, 0) is 19.9 Å². The van der Waals surface area contributed by atoms with E-state index in [9.17, 15) is 0 Å². The Morgan fingerprint density at radius 2 is 2.27 bits per heavy atom. The zero-order valence-electron chi connectivity index (χ0n) is 6.78. The summed E-state index contributed by atoms with van der Waals surface area (Å²) in [7, 11) is 0. The Bertz CT molecular complexity index is 228. The van der Waals surface area contributed by atoms with E-state index in [0.29, 0.717) is 11.1 Å². The lowest BCUT2D eigenvalue weighted by atomic mass is 10.3. The fourth-order valence-corrected chi connectivity index (χ4v) is 1.11. The van der Waals surface area contributed by atoms with Crippen LogP contribution in [0.3, 0.4) is 0 Å². The third-order valence-electron chi connectivity index (χ3n) is 1.48. The maximum atomic E-state index is 4.11. The smallest absolute Gasteiger partial charge is 0.126 e. The molecule has 0 saturated heterocycles. The van der Waals surface area contributed by atoms with Crippen molar-refractivity contribution in [2.24, 2.45) is 4.99 Å². The predicted octanol–water partition coefficient (Wildman–Crippen LogP) is 2.02. The number of hydrogen-bond acceptors (Lipinski definition) is 2. The molecule has 0 unspecified atom stereocenters. The lowest BCUT2D eigenvalue weighted by molar-refractivity contribution is 0.381. The fourth-order valence-electron chi connectivity index (χ4n) is 0.930. The molecular weight excluding hydrogens is 156 g/mol. The van der Waals surface area contributed by atoms with Crippen LogP contribution in [0.5, 0.6) is 0 Å². The second-order valence-electron chi connectivity index (χ2n) is 2.70. The molecule has 3 heteroatoms. The minimum Gasteiger partial charge on any atom is -0.331 e. The second-order valence-corrected chi connectivity index (χ2v) is 3.16. The highest BCUT2D eigenvalue weighted by Crippen LogP contribution is 2.14. The van der Waals surface area contributed by atoms with Crippen molar-refractivity contribution in [1.82, 2.24) is 4.90 Å². The molecule has 0 aliphatic carbocycles. The van der Waals surface area contributed by atoms with Crippen molar-refractivity contribution in [1.29, 1.82) is 0 Å². The topological polar surface area (TPSA) is 15.6 Å². The number of hydrogen-bond donors (Lipinski definition) is 1. The summed E-state index contributed by atoms with van der Waals surface area (Å²) in [6, 6.07) is 0.406. The van der Waals surface area contributed by atoms with Crippen LogP contribution in [-0.2, 0) is 0 Å². The van der Waals surface area contributed by atoms with E-state index in [1.165, 1.54) is 0 Å². The maximum Gasteiger partial charge on any atom is 0.126 e. The lowest BCUT2D eigenvalue weighted by Crippen LogP contribution is -2.25. The third kappa shape index (κ3) is 1.87. The minimum absolute atomic E-state index is 0.406. The van der Waals surface area contributed by atoms with Crippen molar-refractivity contribution < 1.29 is 0 Å². The SMILES string of the molecule is C=C1N=C(S)C=CN1C(C)C. The zero-order valence-corrected chi connectivity index (χ0v) is 7.68. The molecule has 0 aromatic heterocycles. The zero-order chi connectivity index (χ0) is 8.43. The lowest BCUT2D eigenvalue weighted by Gasteiger charge is -2.26. The fraction of sp³-hybridized carbons (Fsp3) is 0.375. The van der Waals surface area contributed by atoms with Crippen LogP contribution < -0.4 is 0 Å². The summed E-state index contributed by atoms with van der Waals surface area (Å²) in [4.78, 5) is 6.11. The van der Waals surface area contributed by atoms with Gasteiger partial charge in [0.05, 0.1) is 5.04 Å². The third-order valence-corrected chi connectivity index (χ3v) is 1.73. The second kappa shape index (κ2) is 3.13. The summed E-state index contributed by atoms with van der Waals surface area (Å²) >= 11 is 4.11. The van der Waals surface area contributed by atoms with E-state index in [1.807, 2.05) is 17.2 Å².